The molecule has 6 nitrogen and oxygen atoms in total. The first kappa shape index (κ1) is 17.2. The second-order valence-corrected chi connectivity index (χ2v) is 6.52. The summed E-state index contributed by atoms with van der Waals surface area (Å²) >= 11 is 5.95. The molecule has 3 rings (SSSR count). The average molecular weight is 359 g/mol. The fourth-order valence-corrected chi connectivity index (χ4v) is 3.19. The smallest absolute Gasteiger partial charge is 0.273 e. The van der Waals surface area contributed by atoms with Crippen LogP contribution in [0.15, 0.2) is 29.1 Å². The van der Waals surface area contributed by atoms with Crippen molar-refractivity contribution in [2.45, 2.75) is 26.8 Å². The van der Waals surface area contributed by atoms with Gasteiger partial charge in [-0.15, -0.1) is 0 Å². The molecule has 2 heterocycles. The number of nitrogens with one attached hydrogen (secondary N) is 2. The fraction of sp³-hybridized carbons (Fsp3) is 0.278. The quantitative estimate of drug-likeness (QED) is 0.751. The van der Waals surface area contributed by atoms with Crippen molar-refractivity contribution in [2.24, 2.45) is 7.05 Å². The van der Waals surface area contributed by atoms with Gasteiger partial charge in [0.05, 0.1) is 11.8 Å². The van der Waals surface area contributed by atoms with Crippen molar-refractivity contribution in [1.82, 2.24) is 20.1 Å². The number of H-pyrrole nitrogens is 1. The lowest BCUT2D eigenvalue weighted by Crippen LogP contribution is -2.25. The molecule has 3 aromatic rings. The predicted molar refractivity (Wildman–Crippen MR) is 97.8 cm³/mol. The molecule has 0 radical (unpaired) electrons. The van der Waals surface area contributed by atoms with Gasteiger partial charge >= 0.3 is 0 Å². The fourth-order valence-electron chi connectivity index (χ4n) is 2.98. The molecule has 0 saturated carbocycles. The number of aromatic amines is 1. The van der Waals surface area contributed by atoms with Crippen molar-refractivity contribution >= 4 is 28.5 Å². The number of carbonyl (C=O) groups is 1. The second kappa shape index (κ2) is 6.72. The average Bonchev–Trinajstić information content (AvgIpc) is 2.83. The van der Waals surface area contributed by atoms with Crippen molar-refractivity contribution in [2.75, 3.05) is 0 Å². The predicted octanol–water partition coefficient (Wildman–Crippen LogP) is 2.39. The number of amides is 1. The Morgan fingerprint density at radius 1 is 1.36 bits per heavy atom. The first-order chi connectivity index (χ1) is 11.9. The molecule has 0 aliphatic rings. The van der Waals surface area contributed by atoms with Gasteiger partial charge < -0.3 is 5.32 Å². The molecule has 1 aromatic carbocycles. The number of pyridine rings is 1. The second-order valence-electron chi connectivity index (χ2n) is 6.08. The van der Waals surface area contributed by atoms with Gasteiger partial charge in [-0.25, -0.2) is 4.98 Å². The molecule has 7 heteroatoms. The number of halogens is 1. The van der Waals surface area contributed by atoms with Gasteiger partial charge in [0.2, 0.25) is 5.91 Å². The lowest BCUT2D eigenvalue weighted by molar-refractivity contribution is -0.120. The number of aryl methyl sites for hydroxylation is 3. The standard InChI is InChI=1S/C18H19ClN4O2/c1-10-14(11(2)21-17-16(10)18(25)22-23(17)3)8-15(24)20-9-12-5-4-6-13(19)7-12/h4-7H,8-9H2,1-3H3,(H,20,24)(H,22,25). The van der Waals surface area contributed by atoms with Gasteiger partial charge in [-0.1, -0.05) is 23.7 Å². The maximum Gasteiger partial charge on any atom is 0.273 e. The Hall–Kier alpha value is -2.60. The van der Waals surface area contributed by atoms with Crippen LogP contribution in [0.2, 0.25) is 5.02 Å². The summed E-state index contributed by atoms with van der Waals surface area (Å²) in [5.41, 5.74) is 3.67. The Morgan fingerprint density at radius 3 is 2.84 bits per heavy atom. The highest BCUT2D eigenvalue weighted by molar-refractivity contribution is 6.30. The van der Waals surface area contributed by atoms with Crippen molar-refractivity contribution in [3.05, 3.63) is 62.0 Å². The van der Waals surface area contributed by atoms with Gasteiger partial charge in [0, 0.05) is 24.3 Å². The van der Waals surface area contributed by atoms with E-state index < -0.39 is 0 Å². The number of aromatic nitrogens is 3. The van der Waals surface area contributed by atoms with E-state index in [-0.39, 0.29) is 17.9 Å². The van der Waals surface area contributed by atoms with E-state index in [1.807, 2.05) is 32.0 Å². The zero-order valence-corrected chi connectivity index (χ0v) is 15.1. The van der Waals surface area contributed by atoms with Gasteiger partial charge in [-0.3, -0.25) is 19.4 Å². The summed E-state index contributed by atoms with van der Waals surface area (Å²) in [5.74, 6) is -0.125. The minimum atomic E-state index is -0.192. The summed E-state index contributed by atoms with van der Waals surface area (Å²) in [5, 5.41) is 6.75. The largest absolute Gasteiger partial charge is 0.352 e. The molecular formula is C18H19ClN4O2. The third-order valence-electron chi connectivity index (χ3n) is 4.29. The van der Waals surface area contributed by atoms with E-state index >= 15 is 0 Å². The Kier molecular flexibility index (Phi) is 4.63. The van der Waals surface area contributed by atoms with Crippen LogP contribution in [0.5, 0.6) is 0 Å². The van der Waals surface area contributed by atoms with Gasteiger partial charge in [0.25, 0.3) is 5.56 Å². The third-order valence-corrected chi connectivity index (χ3v) is 4.53. The molecular weight excluding hydrogens is 340 g/mol. The van der Waals surface area contributed by atoms with Crippen LogP contribution in [-0.4, -0.2) is 20.7 Å². The summed E-state index contributed by atoms with van der Waals surface area (Å²) in [4.78, 5) is 28.9. The van der Waals surface area contributed by atoms with Gasteiger partial charge in [-0.2, -0.15) is 0 Å². The molecule has 130 valence electrons. The van der Waals surface area contributed by atoms with E-state index in [4.69, 9.17) is 11.6 Å². The number of carbonyl (C=O) groups excluding carboxylic acids is 1. The van der Waals surface area contributed by atoms with E-state index in [0.717, 1.165) is 22.4 Å². The summed E-state index contributed by atoms with van der Waals surface area (Å²) in [6.07, 6.45) is 0.176. The minimum Gasteiger partial charge on any atom is -0.352 e. The zero-order valence-electron chi connectivity index (χ0n) is 14.3. The summed E-state index contributed by atoms with van der Waals surface area (Å²) in [7, 11) is 1.74. The van der Waals surface area contributed by atoms with Crippen LogP contribution in [-0.2, 0) is 24.8 Å². The molecule has 0 bridgehead atoms. The number of benzene rings is 1. The van der Waals surface area contributed by atoms with Crippen LogP contribution in [0.4, 0.5) is 0 Å². The molecule has 2 N–H and O–H groups in total. The Balaban J connectivity index is 1.81. The van der Waals surface area contributed by atoms with Gasteiger partial charge in [0.15, 0.2) is 5.65 Å². The highest BCUT2D eigenvalue weighted by Crippen LogP contribution is 2.20. The first-order valence-electron chi connectivity index (χ1n) is 7.92. The summed E-state index contributed by atoms with van der Waals surface area (Å²) in [6.45, 7) is 4.11. The van der Waals surface area contributed by atoms with Crippen LogP contribution >= 0.6 is 11.6 Å². The number of rotatable bonds is 4. The molecule has 0 unspecified atom stereocenters. The molecule has 2 aromatic heterocycles. The molecule has 0 saturated heterocycles. The summed E-state index contributed by atoms with van der Waals surface area (Å²) < 4.78 is 1.60. The number of hydrogen-bond acceptors (Lipinski definition) is 3. The molecule has 0 atom stereocenters. The Morgan fingerprint density at radius 2 is 2.12 bits per heavy atom. The van der Waals surface area contributed by atoms with Crippen LogP contribution in [0.3, 0.4) is 0 Å². The van der Waals surface area contributed by atoms with Crippen LogP contribution in [0.25, 0.3) is 11.0 Å². The van der Waals surface area contributed by atoms with E-state index in [9.17, 15) is 9.59 Å². The van der Waals surface area contributed by atoms with Crippen LogP contribution < -0.4 is 10.9 Å². The normalized spacial score (nSPS) is 11.0. The summed E-state index contributed by atoms with van der Waals surface area (Å²) in [6, 6.07) is 7.35. The Labute approximate surface area is 149 Å². The molecule has 0 aliphatic heterocycles. The molecule has 0 spiro atoms. The van der Waals surface area contributed by atoms with Crippen molar-refractivity contribution in [3.8, 4) is 0 Å². The van der Waals surface area contributed by atoms with Gasteiger partial charge in [0.1, 0.15) is 0 Å². The highest BCUT2D eigenvalue weighted by atomic mass is 35.5. The zero-order chi connectivity index (χ0) is 18.1. The molecule has 0 fully saturated rings. The minimum absolute atomic E-state index is 0.125. The third kappa shape index (κ3) is 3.44. The topological polar surface area (TPSA) is 79.8 Å². The maximum atomic E-state index is 12.3. The number of fused-ring (bicyclic) bond motifs is 1. The lowest BCUT2D eigenvalue weighted by Gasteiger charge is -2.11. The number of nitrogens with zero attached hydrogens (tertiary/aromatic N) is 2. The van der Waals surface area contributed by atoms with Crippen LogP contribution in [0.1, 0.15) is 22.4 Å². The SMILES string of the molecule is Cc1nc2c(c(C)c1CC(=O)NCc1cccc(Cl)c1)c(=O)[nH]n2C. The van der Waals surface area contributed by atoms with E-state index in [0.29, 0.717) is 22.6 Å². The van der Waals surface area contributed by atoms with Crippen molar-refractivity contribution < 1.29 is 4.79 Å². The van der Waals surface area contributed by atoms with E-state index in [1.54, 1.807) is 17.8 Å². The van der Waals surface area contributed by atoms with Crippen LogP contribution in [0, 0.1) is 13.8 Å². The Bertz CT molecular complexity index is 1020. The van der Waals surface area contributed by atoms with Crippen molar-refractivity contribution in [3.63, 3.8) is 0 Å². The lowest BCUT2D eigenvalue weighted by atomic mass is 10.0. The van der Waals surface area contributed by atoms with E-state index in [2.05, 4.69) is 15.4 Å². The molecule has 1 amide bonds. The highest BCUT2D eigenvalue weighted by Gasteiger charge is 2.17. The van der Waals surface area contributed by atoms with Gasteiger partial charge in [-0.05, 0) is 42.7 Å². The monoisotopic (exact) mass is 358 g/mol. The number of hydrogen-bond donors (Lipinski definition) is 2. The van der Waals surface area contributed by atoms with E-state index in [1.165, 1.54) is 0 Å². The van der Waals surface area contributed by atoms with Crippen molar-refractivity contribution in [1.29, 1.82) is 0 Å². The molecule has 0 aliphatic carbocycles. The molecule has 25 heavy (non-hydrogen) atoms. The maximum absolute atomic E-state index is 12.3. The first-order valence-corrected chi connectivity index (χ1v) is 8.30.